The van der Waals surface area contributed by atoms with Gasteiger partial charge in [-0.15, -0.1) is 0 Å². The SMILES string of the molecule is Cn1cccc1CC(=O)N/N=C/c1cn(Cc2ccccc2)c2ccccc12. The molecule has 0 aliphatic carbocycles. The van der Waals surface area contributed by atoms with Crippen molar-refractivity contribution in [3.63, 3.8) is 0 Å². The maximum absolute atomic E-state index is 12.1. The molecular weight excluding hydrogens is 348 g/mol. The van der Waals surface area contributed by atoms with Crippen molar-refractivity contribution in [1.29, 1.82) is 0 Å². The molecule has 28 heavy (non-hydrogen) atoms. The highest BCUT2D eigenvalue weighted by Gasteiger charge is 2.08. The van der Waals surface area contributed by atoms with Gasteiger partial charge in [0.05, 0.1) is 12.6 Å². The Hall–Kier alpha value is -3.60. The van der Waals surface area contributed by atoms with Gasteiger partial charge in [0, 0.05) is 48.1 Å². The molecule has 0 aliphatic heterocycles. The molecule has 0 aliphatic rings. The number of carbonyl (C=O) groups excluding carboxylic acids is 1. The van der Waals surface area contributed by atoms with E-state index < -0.39 is 0 Å². The van der Waals surface area contributed by atoms with Gasteiger partial charge in [-0.3, -0.25) is 4.79 Å². The first-order chi connectivity index (χ1) is 13.7. The first-order valence-corrected chi connectivity index (χ1v) is 9.24. The normalized spacial score (nSPS) is 11.3. The minimum Gasteiger partial charge on any atom is -0.354 e. The number of aryl methyl sites for hydroxylation is 1. The second-order valence-electron chi connectivity index (χ2n) is 6.80. The van der Waals surface area contributed by atoms with E-state index in [1.165, 1.54) is 5.56 Å². The van der Waals surface area contributed by atoms with Gasteiger partial charge >= 0.3 is 0 Å². The second-order valence-corrected chi connectivity index (χ2v) is 6.80. The monoisotopic (exact) mass is 370 g/mol. The number of aromatic nitrogens is 2. The Labute approximate surface area is 163 Å². The van der Waals surface area contributed by atoms with E-state index in [1.54, 1.807) is 6.21 Å². The third kappa shape index (κ3) is 3.88. The summed E-state index contributed by atoms with van der Waals surface area (Å²) in [5.41, 5.74) is 6.94. The van der Waals surface area contributed by atoms with Crippen molar-refractivity contribution in [2.24, 2.45) is 12.1 Å². The summed E-state index contributed by atoms with van der Waals surface area (Å²) < 4.78 is 4.14. The first kappa shape index (κ1) is 17.8. The summed E-state index contributed by atoms with van der Waals surface area (Å²) in [5, 5.41) is 5.29. The summed E-state index contributed by atoms with van der Waals surface area (Å²) in [5.74, 6) is -0.133. The van der Waals surface area contributed by atoms with Crippen molar-refractivity contribution >= 4 is 23.0 Å². The first-order valence-electron chi connectivity index (χ1n) is 9.24. The predicted molar refractivity (Wildman–Crippen MR) is 112 cm³/mol. The zero-order valence-electron chi connectivity index (χ0n) is 15.7. The lowest BCUT2D eigenvalue weighted by molar-refractivity contribution is -0.120. The number of hydrogen-bond donors (Lipinski definition) is 1. The Morgan fingerprint density at radius 2 is 1.82 bits per heavy atom. The van der Waals surface area contributed by atoms with Crippen molar-refractivity contribution in [3.8, 4) is 0 Å². The van der Waals surface area contributed by atoms with E-state index >= 15 is 0 Å². The number of carbonyl (C=O) groups is 1. The summed E-state index contributed by atoms with van der Waals surface area (Å²) in [4.78, 5) is 12.1. The zero-order chi connectivity index (χ0) is 19.3. The number of hydrogen-bond acceptors (Lipinski definition) is 2. The Bertz CT molecular complexity index is 1120. The van der Waals surface area contributed by atoms with Gasteiger partial charge in [-0.25, -0.2) is 5.43 Å². The number of para-hydroxylation sites is 1. The molecule has 1 amide bonds. The second kappa shape index (κ2) is 7.96. The van der Waals surface area contributed by atoms with E-state index in [1.807, 2.05) is 60.3 Å². The number of hydrazone groups is 1. The van der Waals surface area contributed by atoms with Crippen LogP contribution in [0.25, 0.3) is 10.9 Å². The third-order valence-corrected chi connectivity index (χ3v) is 4.80. The number of amides is 1. The van der Waals surface area contributed by atoms with Crippen LogP contribution in [0.5, 0.6) is 0 Å². The number of nitrogens with one attached hydrogen (secondary N) is 1. The molecule has 0 saturated carbocycles. The van der Waals surface area contributed by atoms with Crippen LogP contribution in [-0.2, 0) is 24.8 Å². The van der Waals surface area contributed by atoms with Gasteiger partial charge in [0.1, 0.15) is 0 Å². The fourth-order valence-corrected chi connectivity index (χ4v) is 3.35. The van der Waals surface area contributed by atoms with Crippen LogP contribution in [0.4, 0.5) is 0 Å². The maximum atomic E-state index is 12.1. The van der Waals surface area contributed by atoms with Crippen molar-refractivity contribution in [2.75, 3.05) is 0 Å². The topological polar surface area (TPSA) is 51.3 Å². The molecule has 0 saturated heterocycles. The Morgan fingerprint density at radius 1 is 1.04 bits per heavy atom. The smallest absolute Gasteiger partial charge is 0.245 e. The molecule has 140 valence electrons. The van der Waals surface area contributed by atoms with Crippen LogP contribution >= 0.6 is 0 Å². The summed E-state index contributed by atoms with van der Waals surface area (Å²) in [6.07, 6.45) is 6.02. The molecule has 0 unspecified atom stereocenters. The molecule has 2 heterocycles. The van der Waals surface area contributed by atoms with Crippen LogP contribution in [0.15, 0.2) is 84.2 Å². The quantitative estimate of drug-likeness (QED) is 0.408. The summed E-state index contributed by atoms with van der Waals surface area (Å²) in [6, 6.07) is 22.4. The molecule has 0 radical (unpaired) electrons. The molecule has 4 rings (SSSR count). The van der Waals surface area contributed by atoms with Crippen LogP contribution in [-0.4, -0.2) is 21.3 Å². The highest BCUT2D eigenvalue weighted by atomic mass is 16.2. The van der Waals surface area contributed by atoms with Crippen LogP contribution in [0.1, 0.15) is 16.8 Å². The molecule has 5 heteroatoms. The lowest BCUT2D eigenvalue weighted by atomic mass is 10.2. The molecule has 0 atom stereocenters. The Morgan fingerprint density at radius 3 is 2.61 bits per heavy atom. The molecule has 1 N–H and O–H groups in total. The van der Waals surface area contributed by atoms with Gasteiger partial charge in [-0.05, 0) is 23.8 Å². The van der Waals surface area contributed by atoms with Gasteiger partial charge in [0.15, 0.2) is 0 Å². The van der Waals surface area contributed by atoms with Gasteiger partial charge < -0.3 is 9.13 Å². The van der Waals surface area contributed by atoms with E-state index in [0.717, 1.165) is 28.7 Å². The third-order valence-electron chi connectivity index (χ3n) is 4.80. The number of rotatable bonds is 6. The fraction of sp³-hybridized carbons (Fsp3) is 0.130. The van der Waals surface area contributed by atoms with Crippen LogP contribution in [0, 0.1) is 0 Å². The van der Waals surface area contributed by atoms with Crippen LogP contribution in [0.2, 0.25) is 0 Å². The average Bonchev–Trinajstić information content (AvgIpc) is 3.27. The van der Waals surface area contributed by atoms with Gasteiger partial charge in [-0.1, -0.05) is 48.5 Å². The average molecular weight is 370 g/mol. The highest BCUT2D eigenvalue weighted by molar-refractivity contribution is 5.99. The van der Waals surface area contributed by atoms with Crippen molar-refractivity contribution in [1.82, 2.24) is 14.6 Å². The lowest BCUT2D eigenvalue weighted by Gasteiger charge is -2.05. The van der Waals surface area contributed by atoms with Gasteiger partial charge in [-0.2, -0.15) is 5.10 Å². The summed E-state index contributed by atoms with van der Waals surface area (Å²) in [7, 11) is 1.92. The van der Waals surface area contributed by atoms with Crippen LogP contribution in [0.3, 0.4) is 0 Å². The van der Waals surface area contributed by atoms with E-state index in [4.69, 9.17) is 0 Å². The minimum absolute atomic E-state index is 0.133. The maximum Gasteiger partial charge on any atom is 0.245 e. The Balaban J connectivity index is 1.51. The molecule has 4 aromatic rings. The van der Waals surface area contributed by atoms with Crippen molar-refractivity contribution < 1.29 is 4.79 Å². The number of benzene rings is 2. The highest BCUT2D eigenvalue weighted by Crippen LogP contribution is 2.21. The van der Waals surface area contributed by atoms with Crippen LogP contribution < -0.4 is 5.43 Å². The molecule has 5 nitrogen and oxygen atoms in total. The standard InChI is InChI=1S/C23H22N4O/c1-26-13-7-10-20(26)14-23(28)25-24-15-19-17-27(16-18-8-3-2-4-9-18)22-12-6-5-11-21(19)22/h2-13,15,17H,14,16H2,1H3,(H,25,28)/b24-15+. The van der Waals surface area contributed by atoms with E-state index in [-0.39, 0.29) is 5.91 Å². The largest absolute Gasteiger partial charge is 0.354 e. The molecular formula is C23H22N4O. The van der Waals surface area contributed by atoms with E-state index in [2.05, 4.69) is 45.6 Å². The van der Waals surface area contributed by atoms with Crippen molar-refractivity contribution in [2.45, 2.75) is 13.0 Å². The molecule has 0 bridgehead atoms. The number of nitrogens with zero attached hydrogens (tertiary/aromatic N) is 3. The van der Waals surface area contributed by atoms with E-state index in [9.17, 15) is 4.79 Å². The minimum atomic E-state index is -0.133. The summed E-state index contributed by atoms with van der Waals surface area (Å²) >= 11 is 0. The van der Waals surface area contributed by atoms with Crippen molar-refractivity contribution in [3.05, 3.63) is 95.9 Å². The zero-order valence-corrected chi connectivity index (χ0v) is 15.7. The van der Waals surface area contributed by atoms with Gasteiger partial charge in [0.25, 0.3) is 0 Å². The molecule has 0 fully saturated rings. The fourth-order valence-electron chi connectivity index (χ4n) is 3.35. The molecule has 2 aromatic heterocycles. The van der Waals surface area contributed by atoms with E-state index in [0.29, 0.717) is 6.42 Å². The summed E-state index contributed by atoms with van der Waals surface area (Å²) in [6.45, 7) is 0.787. The molecule has 0 spiro atoms. The van der Waals surface area contributed by atoms with Gasteiger partial charge in [0.2, 0.25) is 5.91 Å². The predicted octanol–water partition coefficient (Wildman–Crippen LogP) is 3.72. The number of fused-ring (bicyclic) bond motifs is 1. The Kier molecular flexibility index (Phi) is 5.06. The lowest BCUT2D eigenvalue weighted by Crippen LogP contribution is -2.20. The molecule has 2 aromatic carbocycles.